The van der Waals surface area contributed by atoms with E-state index in [0.717, 1.165) is 30.9 Å². The Morgan fingerprint density at radius 3 is 2.55 bits per heavy atom. The first-order chi connectivity index (χ1) is 9.46. The summed E-state index contributed by atoms with van der Waals surface area (Å²) in [5, 5.41) is 10.2. The highest BCUT2D eigenvalue weighted by atomic mass is 32.2. The summed E-state index contributed by atoms with van der Waals surface area (Å²) in [6.45, 7) is 7.69. The molecule has 0 spiro atoms. The first-order valence-corrected chi connectivity index (χ1v) is 8.34. The van der Waals surface area contributed by atoms with Gasteiger partial charge in [0.05, 0.1) is 0 Å². The van der Waals surface area contributed by atoms with E-state index in [1.807, 2.05) is 20.9 Å². The van der Waals surface area contributed by atoms with Crippen molar-refractivity contribution in [3.8, 4) is 0 Å². The lowest BCUT2D eigenvalue weighted by molar-refractivity contribution is 0.222. The lowest BCUT2D eigenvalue weighted by atomic mass is 10.2. The zero-order chi connectivity index (χ0) is 14.8. The van der Waals surface area contributed by atoms with Crippen molar-refractivity contribution in [2.75, 3.05) is 39.8 Å². The van der Waals surface area contributed by atoms with Crippen molar-refractivity contribution in [1.82, 2.24) is 24.7 Å². The van der Waals surface area contributed by atoms with Gasteiger partial charge >= 0.3 is 0 Å². The molecule has 0 bridgehead atoms. The molecule has 114 valence electrons. The van der Waals surface area contributed by atoms with Gasteiger partial charge in [0.2, 0.25) is 0 Å². The molecule has 2 heterocycles. The van der Waals surface area contributed by atoms with E-state index in [2.05, 4.69) is 20.4 Å². The second kappa shape index (κ2) is 6.21. The molecule has 2 rings (SSSR count). The summed E-state index contributed by atoms with van der Waals surface area (Å²) in [7, 11) is -1.50. The van der Waals surface area contributed by atoms with Crippen LogP contribution in [0.2, 0.25) is 0 Å². The quantitative estimate of drug-likeness (QED) is 0.785. The number of sulfonamides is 1. The van der Waals surface area contributed by atoms with E-state index in [9.17, 15) is 8.42 Å². The zero-order valence-electron chi connectivity index (χ0n) is 12.3. The van der Waals surface area contributed by atoms with Crippen LogP contribution < -0.4 is 5.32 Å². The van der Waals surface area contributed by atoms with Crippen LogP contribution in [-0.2, 0) is 16.6 Å². The average Bonchev–Trinajstić information content (AvgIpc) is 2.79. The molecule has 1 aliphatic heterocycles. The summed E-state index contributed by atoms with van der Waals surface area (Å²) in [5.41, 5.74) is 1.55. The van der Waals surface area contributed by atoms with Crippen LogP contribution in [0.25, 0.3) is 0 Å². The maximum absolute atomic E-state index is 12.7. The highest BCUT2D eigenvalue weighted by Gasteiger charge is 2.32. The van der Waals surface area contributed by atoms with Crippen molar-refractivity contribution in [3.05, 3.63) is 11.3 Å². The van der Waals surface area contributed by atoms with Gasteiger partial charge in [-0.25, -0.2) is 8.42 Å². The minimum atomic E-state index is -3.50. The molecule has 1 aromatic rings. The number of aryl methyl sites for hydroxylation is 1. The number of piperazine rings is 1. The summed E-state index contributed by atoms with van der Waals surface area (Å²) in [5.74, 6) is 0. The molecule has 0 unspecified atom stereocenters. The second-order valence-corrected chi connectivity index (χ2v) is 6.97. The van der Waals surface area contributed by atoms with Gasteiger partial charge in [0.25, 0.3) is 10.0 Å². The van der Waals surface area contributed by atoms with E-state index in [1.54, 1.807) is 0 Å². The van der Waals surface area contributed by atoms with Gasteiger partial charge in [-0.05, 0) is 20.5 Å². The van der Waals surface area contributed by atoms with E-state index in [1.165, 1.54) is 4.31 Å². The van der Waals surface area contributed by atoms with Gasteiger partial charge < -0.3 is 10.2 Å². The van der Waals surface area contributed by atoms with Crippen molar-refractivity contribution in [1.29, 1.82) is 0 Å². The molecule has 20 heavy (non-hydrogen) atoms. The number of likely N-dealkylation sites (N-methyl/N-ethyl adjacent to an activating group) is 1. The Morgan fingerprint density at radius 1 is 1.30 bits per heavy atom. The number of H-pyrrole nitrogens is 1. The number of aromatic nitrogens is 2. The molecular weight excluding hydrogens is 278 g/mol. The van der Waals surface area contributed by atoms with Crippen molar-refractivity contribution in [2.45, 2.75) is 25.4 Å². The van der Waals surface area contributed by atoms with E-state index in [4.69, 9.17) is 0 Å². The molecule has 0 atom stereocenters. The summed E-state index contributed by atoms with van der Waals surface area (Å²) < 4.78 is 26.9. The van der Waals surface area contributed by atoms with Crippen LogP contribution in [0.4, 0.5) is 0 Å². The van der Waals surface area contributed by atoms with Crippen LogP contribution in [-0.4, -0.2) is 67.6 Å². The molecule has 0 radical (unpaired) electrons. The fraction of sp³-hybridized carbons (Fsp3) is 0.750. The Labute approximate surface area is 120 Å². The topological polar surface area (TPSA) is 81.3 Å². The van der Waals surface area contributed by atoms with Crippen LogP contribution >= 0.6 is 0 Å². The summed E-state index contributed by atoms with van der Waals surface area (Å²) in [4.78, 5) is 2.13. The fourth-order valence-corrected chi connectivity index (χ4v) is 3.84. The summed E-state index contributed by atoms with van der Waals surface area (Å²) >= 11 is 0. The molecule has 2 N–H and O–H groups in total. The minimum Gasteiger partial charge on any atom is -0.313 e. The number of hydrogen-bond acceptors (Lipinski definition) is 5. The van der Waals surface area contributed by atoms with Crippen molar-refractivity contribution < 1.29 is 8.42 Å². The SMILES string of the molecule is CCNCc1c(S(=O)(=O)N2CCN(C)CC2)n[nH]c1C. The predicted molar refractivity (Wildman–Crippen MR) is 77.0 cm³/mol. The van der Waals surface area contributed by atoms with E-state index in [0.29, 0.717) is 19.6 Å². The van der Waals surface area contributed by atoms with Gasteiger partial charge in [-0.1, -0.05) is 6.92 Å². The number of nitrogens with zero attached hydrogens (tertiary/aromatic N) is 3. The largest absolute Gasteiger partial charge is 0.313 e. The zero-order valence-corrected chi connectivity index (χ0v) is 13.1. The van der Waals surface area contributed by atoms with Crippen LogP contribution in [0.15, 0.2) is 5.03 Å². The lowest BCUT2D eigenvalue weighted by Crippen LogP contribution is -2.47. The minimum absolute atomic E-state index is 0.167. The highest BCUT2D eigenvalue weighted by molar-refractivity contribution is 7.89. The lowest BCUT2D eigenvalue weighted by Gasteiger charge is -2.31. The van der Waals surface area contributed by atoms with Crippen molar-refractivity contribution >= 4 is 10.0 Å². The summed E-state index contributed by atoms with van der Waals surface area (Å²) in [6.07, 6.45) is 0. The third-order valence-corrected chi connectivity index (χ3v) is 5.51. The maximum atomic E-state index is 12.7. The Morgan fingerprint density at radius 2 is 1.95 bits per heavy atom. The molecule has 0 aromatic carbocycles. The maximum Gasteiger partial charge on any atom is 0.262 e. The first kappa shape index (κ1) is 15.4. The van der Waals surface area contributed by atoms with Crippen LogP contribution in [0.5, 0.6) is 0 Å². The number of aromatic amines is 1. The highest BCUT2D eigenvalue weighted by Crippen LogP contribution is 2.21. The van der Waals surface area contributed by atoms with Crippen LogP contribution in [0.3, 0.4) is 0 Å². The van der Waals surface area contributed by atoms with E-state index in [-0.39, 0.29) is 5.03 Å². The number of nitrogens with one attached hydrogen (secondary N) is 2. The second-order valence-electron chi connectivity index (χ2n) is 5.12. The third-order valence-electron chi connectivity index (χ3n) is 3.63. The molecule has 1 aromatic heterocycles. The average molecular weight is 301 g/mol. The molecule has 1 aliphatic rings. The van der Waals surface area contributed by atoms with Gasteiger partial charge in [-0.2, -0.15) is 9.40 Å². The Bertz CT molecular complexity index is 546. The molecule has 0 aliphatic carbocycles. The van der Waals surface area contributed by atoms with E-state index >= 15 is 0 Å². The smallest absolute Gasteiger partial charge is 0.262 e. The van der Waals surface area contributed by atoms with Gasteiger partial charge in [0, 0.05) is 44.0 Å². The molecule has 7 nitrogen and oxygen atoms in total. The van der Waals surface area contributed by atoms with Gasteiger partial charge in [0.15, 0.2) is 5.03 Å². The fourth-order valence-electron chi connectivity index (χ4n) is 2.25. The molecule has 1 fully saturated rings. The van der Waals surface area contributed by atoms with Gasteiger partial charge in [-0.3, -0.25) is 5.10 Å². The Hall–Kier alpha value is -0.960. The number of rotatable bonds is 5. The predicted octanol–water partition coefficient (Wildman–Crippen LogP) is -0.236. The Balaban J connectivity index is 2.25. The van der Waals surface area contributed by atoms with E-state index < -0.39 is 10.0 Å². The van der Waals surface area contributed by atoms with Crippen LogP contribution in [0.1, 0.15) is 18.2 Å². The third kappa shape index (κ3) is 3.03. The Kier molecular flexibility index (Phi) is 4.79. The normalized spacial score (nSPS) is 18.6. The molecule has 1 saturated heterocycles. The van der Waals surface area contributed by atoms with Crippen molar-refractivity contribution in [3.63, 3.8) is 0 Å². The monoisotopic (exact) mass is 301 g/mol. The summed E-state index contributed by atoms with van der Waals surface area (Å²) in [6, 6.07) is 0. The number of hydrogen-bond donors (Lipinski definition) is 2. The molecule has 0 saturated carbocycles. The molecule has 8 heteroatoms. The standard InChI is InChI=1S/C12H23N5O2S/c1-4-13-9-11-10(2)14-15-12(11)20(18,19)17-7-5-16(3)6-8-17/h13H,4-9H2,1-3H3,(H,14,15). The molecular formula is C12H23N5O2S. The van der Waals surface area contributed by atoms with Crippen molar-refractivity contribution in [2.24, 2.45) is 0 Å². The van der Waals surface area contributed by atoms with Gasteiger partial charge in [-0.15, -0.1) is 0 Å². The van der Waals surface area contributed by atoms with Gasteiger partial charge in [0.1, 0.15) is 0 Å². The first-order valence-electron chi connectivity index (χ1n) is 6.90. The van der Waals surface area contributed by atoms with Crippen LogP contribution in [0, 0.1) is 6.92 Å². The molecule has 0 amide bonds.